The van der Waals surface area contributed by atoms with E-state index in [1.807, 2.05) is 48.5 Å². The molecule has 0 aliphatic heterocycles. The number of rotatable bonds is 8. The molecule has 0 bridgehead atoms. The molecule has 1 amide bonds. The first-order valence-electron chi connectivity index (χ1n) is 11.0. The summed E-state index contributed by atoms with van der Waals surface area (Å²) in [6.07, 6.45) is -3.35. The minimum absolute atomic E-state index is 0.0119. The van der Waals surface area contributed by atoms with Gasteiger partial charge in [0, 0.05) is 17.4 Å². The second-order valence-electron chi connectivity index (χ2n) is 8.17. The Bertz CT molecular complexity index is 1140. The maximum Gasteiger partial charge on any atom is 0.446 e. The lowest BCUT2D eigenvalue weighted by Gasteiger charge is -2.19. The summed E-state index contributed by atoms with van der Waals surface area (Å²) in [7, 11) is 0. The highest BCUT2D eigenvalue weighted by Gasteiger charge is 2.30. The number of thioether (sulfide) groups is 1. The van der Waals surface area contributed by atoms with Crippen molar-refractivity contribution in [1.82, 2.24) is 5.32 Å². The fraction of sp³-hybridized carbons (Fsp3) is 0.269. The van der Waals surface area contributed by atoms with Crippen LogP contribution in [0.3, 0.4) is 0 Å². The number of ether oxygens (including phenoxy) is 1. The Balaban J connectivity index is 1.27. The van der Waals surface area contributed by atoms with Gasteiger partial charge < -0.3 is 20.3 Å². The van der Waals surface area contributed by atoms with Crippen LogP contribution in [-0.4, -0.2) is 41.1 Å². The number of nitrogens with one attached hydrogen (secondary N) is 1. The van der Waals surface area contributed by atoms with Gasteiger partial charge in [0.2, 0.25) is 0 Å². The number of aliphatic hydroxyl groups excluding tert-OH is 2. The lowest BCUT2D eigenvalue weighted by molar-refractivity contribution is -0.0328. The van der Waals surface area contributed by atoms with Crippen LogP contribution in [-0.2, 0) is 4.74 Å². The van der Waals surface area contributed by atoms with Crippen molar-refractivity contribution in [2.75, 3.05) is 13.2 Å². The van der Waals surface area contributed by atoms with Crippen molar-refractivity contribution in [1.29, 1.82) is 0 Å². The molecule has 184 valence electrons. The lowest BCUT2D eigenvalue weighted by Crippen LogP contribution is -2.30. The minimum Gasteiger partial charge on any atom is -0.449 e. The van der Waals surface area contributed by atoms with Crippen LogP contribution in [0.1, 0.15) is 35.1 Å². The zero-order valence-electron chi connectivity index (χ0n) is 18.5. The molecule has 2 unspecified atom stereocenters. The number of carbonyl (C=O) groups excluding carboxylic acids is 1. The van der Waals surface area contributed by atoms with E-state index in [2.05, 4.69) is 5.32 Å². The molecule has 3 aromatic carbocycles. The Labute approximate surface area is 204 Å². The largest absolute Gasteiger partial charge is 0.449 e. The number of amides is 1. The van der Waals surface area contributed by atoms with E-state index in [1.54, 1.807) is 0 Å². The van der Waals surface area contributed by atoms with E-state index in [1.165, 1.54) is 24.3 Å². The highest BCUT2D eigenvalue weighted by Crippen LogP contribution is 2.44. The summed E-state index contributed by atoms with van der Waals surface area (Å²) in [6, 6.07) is 21.2. The van der Waals surface area contributed by atoms with Gasteiger partial charge in [-0.1, -0.05) is 60.7 Å². The van der Waals surface area contributed by atoms with Gasteiger partial charge in [-0.2, -0.15) is 13.2 Å². The molecular formula is C26H24F3NO4S. The van der Waals surface area contributed by atoms with Crippen molar-refractivity contribution < 1.29 is 32.9 Å². The van der Waals surface area contributed by atoms with Crippen molar-refractivity contribution in [3.8, 4) is 11.1 Å². The second-order valence-corrected chi connectivity index (χ2v) is 9.31. The molecule has 0 aromatic heterocycles. The first-order valence-corrected chi connectivity index (χ1v) is 11.9. The van der Waals surface area contributed by atoms with Gasteiger partial charge in [-0.25, -0.2) is 4.79 Å². The quantitative estimate of drug-likeness (QED) is 0.348. The van der Waals surface area contributed by atoms with Gasteiger partial charge in [0.15, 0.2) is 0 Å². The van der Waals surface area contributed by atoms with E-state index in [9.17, 15) is 28.2 Å². The first kappa shape index (κ1) is 25.1. The summed E-state index contributed by atoms with van der Waals surface area (Å²) < 4.78 is 43.2. The van der Waals surface area contributed by atoms with Crippen LogP contribution in [0, 0.1) is 0 Å². The number of benzene rings is 3. The topological polar surface area (TPSA) is 78.8 Å². The van der Waals surface area contributed by atoms with Crippen LogP contribution in [0.5, 0.6) is 0 Å². The third kappa shape index (κ3) is 6.17. The van der Waals surface area contributed by atoms with Crippen molar-refractivity contribution in [3.05, 3.63) is 89.5 Å². The lowest BCUT2D eigenvalue weighted by atomic mass is 9.98. The maximum atomic E-state index is 12.6. The SMILES string of the molecule is O=C(NCCC(O)C(O)c1cccc(SC(F)(F)F)c1)OCC1c2ccccc2-c2ccccc21. The molecule has 1 aliphatic carbocycles. The van der Waals surface area contributed by atoms with Crippen LogP contribution >= 0.6 is 11.8 Å². The van der Waals surface area contributed by atoms with Gasteiger partial charge in [0.25, 0.3) is 0 Å². The standard InChI is InChI=1S/C26H24F3NO4S/c27-26(28,29)35-17-7-5-6-16(14-17)24(32)23(31)12-13-30-25(33)34-15-22-20-10-3-1-8-18(20)19-9-2-4-11-21(19)22/h1-11,14,22-24,31-32H,12-13,15H2,(H,30,33). The van der Waals surface area contributed by atoms with Crippen LogP contribution < -0.4 is 5.32 Å². The zero-order valence-corrected chi connectivity index (χ0v) is 19.4. The third-order valence-electron chi connectivity index (χ3n) is 5.85. The Morgan fingerprint density at radius 2 is 1.60 bits per heavy atom. The minimum atomic E-state index is -4.45. The van der Waals surface area contributed by atoms with Crippen LogP contribution in [0.4, 0.5) is 18.0 Å². The van der Waals surface area contributed by atoms with Gasteiger partial charge in [0.1, 0.15) is 12.7 Å². The monoisotopic (exact) mass is 503 g/mol. The fourth-order valence-corrected chi connectivity index (χ4v) is 4.86. The second kappa shape index (κ2) is 10.7. The molecule has 3 N–H and O–H groups in total. The summed E-state index contributed by atoms with van der Waals surface area (Å²) in [4.78, 5) is 12.2. The molecule has 0 heterocycles. The Morgan fingerprint density at radius 3 is 2.23 bits per heavy atom. The van der Waals surface area contributed by atoms with E-state index in [0.29, 0.717) is 0 Å². The average molecular weight is 504 g/mol. The highest BCUT2D eigenvalue weighted by atomic mass is 32.2. The summed E-state index contributed by atoms with van der Waals surface area (Å²) in [6.45, 7) is 0.167. The molecule has 5 nitrogen and oxygen atoms in total. The zero-order chi connectivity index (χ0) is 25.0. The first-order chi connectivity index (χ1) is 16.7. The molecule has 1 aliphatic rings. The normalized spacial score (nSPS) is 14.7. The van der Waals surface area contributed by atoms with Gasteiger partial charge in [-0.3, -0.25) is 0 Å². The molecular weight excluding hydrogens is 479 g/mol. The van der Waals surface area contributed by atoms with Crippen molar-refractivity contribution in [3.63, 3.8) is 0 Å². The van der Waals surface area contributed by atoms with E-state index >= 15 is 0 Å². The number of hydrogen-bond donors (Lipinski definition) is 3. The number of carbonyl (C=O) groups is 1. The smallest absolute Gasteiger partial charge is 0.446 e. The predicted molar refractivity (Wildman–Crippen MR) is 127 cm³/mol. The Hall–Kier alpha value is -3.01. The molecule has 35 heavy (non-hydrogen) atoms. The molecule has 0 saturated heterocycles. The van der Waals surface area contributed by atoms with E-state index in [0.717, 1.165) is 22.3 Å². The van der Waals surface area contributed by atoms with E-state index in [-0.39, 0.29) is 47.7 Å². The maximum absolute atomic E-state index is 12.6. The number of alkyl carbamates (subject to hydrolysis) is 1. The summed E-state index contributed by atoms with van der Waals surface area (Å²) in [5, 5.41) is 23.1. The number of halogens is 3. The van der Waals surface area contributed by atoms with Crippen LogP contribution in [0.25, 0.3) is 11.1 Å². The predicted octanol–water partition coefficient (Wildman–Crippen LogP) is 5.62. The van der Waals surface area contributed by atoms with Crippen LogP contribution in [0.15, 0.2) is 77.7 Å². The fourth-order valence-electron chi connectivity index (χ4n) is 4.25. The molecule has 0 saturated carbocycles. The highest BCUT2D eigenvalue weighted by molar-refractivity contribution is 8.00. The third-order valence-corrected chi connectivity index (χ3v) is 6.57. The van der Waals surface area contributed by atoms with E-state index in [4.69, 9.17) is 4.74 Å². The molecule has 0 spiro atoms. The molecule has 0 fully saturated rings. The van der Waals surface area contributed by atoms with Gasteiger partial charge in [-0.05, 0) is 58.1 Å². The molecule has 2 atom stereocenters. The van der Waals surface area contributed by atoms with Crippen molar-refractivity contribution in [2.45, 2.75) is 35.0 Å². The van der Waals surface area contributed by atoms with Crippen molar-refractivity contribution in [2.24, 2.45) is 0 Å². The van der Waals surface area contributed by atoms with Crippen LogP contribution in [0.2, 0.25) is 0 Å². The molecule has 9 heteroatoms. The average Bonchev–Trinajstić information content (AvgIpc) is 3.15. The van der Waals surface area contributed by atoms with Gasteiger partial charge in [0.05, 0.1) is 6.10 Å². The summed E-state index contributed by atoms with van der Waals surface area (Å²) >= 11 is -0.293. The molecule has 3 aromatic rings. The summed E-state index contributed by atoms with van der Waals surface area (Å²) in [5.41, 5.74) is 0.124. The van der Waals surface area contributed by atoms with E-state index < -0.39 is 23.8 Å². The number of fused-ring (bicyclic) bond motifs is 3. The molecule has 4 rings (SSSR count). The Morgan fingerprint density at radius 1 is 0.971 bits per heavy atom. The number of hydrogen-bond acceptors (Lipinski definition) is 5. The summed E-state index contributed by atoms with van der Waals surface area (Å²) in [5.74, 6) is -0.0811. The van der Waals surface area contributed by atoms with Gasteiger partial charge >= 0.3 is 11.6 Å². The van der Waals surface area contributed by atoms with Crippen molar-refractivity contribution >= 4 is 17.9 Å². The van der Waals surface area contributed by atoms with Gasteiger partial charge in [-0.15, -0.1) is 0 Å². The Kier molecular flexibility index (Phi) is 7.69. The molecule has 0 radical (unpaired) electrons. The number of alkyl halides is 3. The number of aliphatic hydroxyl groups is 2.